The zero-order valence-corrected chi connectivity index (χ0v) is 12.6. The minimum Gasteiger partial charge on any atom is -0.473 e. The Morgan fingerprint density at radius 1 is 1.23 bits per heavy atom. The molecule has 1 saturated heterocycles. The van der Waals surface area contributed by atoms with E-state index < -0.39 is 0 Å². The molecule has 3 heterocycles. The summed E-state index contributed by atoms with van der Waals surface area (Å²) in [7, 11) is 1.74. The highest BCUT2D eigenvalue weighted by Gasteiger charge is 2.26. The van der Waals surface area contributed by atoms with E-state index >= 15 is 0 Å². The van der Waals surface area contributed by atoms with Crippen molar-refractivity contribution in [3.63, 3.8) is 0 Å². The summed E-state index contributed by atoms with van der Waals surface area (Å²) in [6.45, 7) is 3.16. The van der Waals surface area contributed by atoms with Gasteiger partial charge >= 0.3 is 0 Å². The van der Waals surface area contributed by atoms with Crippen molar-refractivity contribution in [1.82, 2.24) is 30.1 Å². The maximum Gasteiger partial charge on any atom is 0.276 e. The molecule has 0 N–H and O–H groups in total. The van der Waals surface area contributed by atoms with E-state index in [2.05, 4.69) is 20.5 Å². The molecule has 3 rings (SSSR count). The predicted molar refractivity (Wildman–Crippen MR) is 77.3 cm³/mol. The highest BCUT2D eigenvalue weighted by atomic mass is 16.5. The van der Waals surface area contributed by atoms with Gasteiger partial charge in [0.2, 0.25) is 5.88 Å². The number of nitrogens with zero attached hydrogens (tertiary/aromatic N) is 6. The number of hydrogen-bond donors (Lipinski definition) is 0. The molecule has 0 bridgehead atoms. The van der Waals surface area contributed by atoms with Gasteiger partial charge in [0.05, 0.1) is 11.9 Å². The second-order valence-corrected chi connectivity index (χ2v) is 5.40. The number of likely N-dealkylation sites (tertiary alicyclic amines) is 1. The van der Waals surface area contributed by atoms with Crippen molar-refractivity contribution in [3.8, 4) is 5.88 Å². The quantitative estimate of drug-likeness (QED) is 0.825. The van der Waals surface area contributed by atoms with Gasteiger partial charge in [-0.05, 0) is 13.0 Å². The summed E-state index contributed by atoms with van der Waals surface area (Å²) < 4.78 is 7.33. The normalized spacial score (nSPS) is 15.8. The summed E-state index contributed by atoms with van der Waals surface area (Å²) in [5.41, 5.74) is 1.24. The van der Waals surface area contributed by atoms with Crippen LogP contribution in [0, 0.1) is 6.92 Å². The molecule has 1 amide bonds. The molecule has 2 aromatic heterocycles. The van der Waals surface area contributed by atoms with Crippen molar-refractivity contribution < 1.29 is 9.53 Å². The largest absolute Gasteiger partial charge is 0.473 e. The molecule has 0 saturated carbocycles. The minimum atomic E-state index is -0.0818. The lowest BCUT2D eigenvalue weighted by Crippen LogP contribution is -2.42. The van der Waals surface area contributed by atoms with Crippen LogP contribution in [-0.4, -0.2) is 55.2 Å². The fraction of sp³-hybridized carbons (Fsp3) is 0.500. The van der Waals surface area contributed by atoms with Gasteiger partial charge in [-0.15, -0.1) is 10.2 Å². The second-order valence-electron chi connectivity index (χ2n) is 5.40. The van der Waals surface area contributed by atoms with E-state index in [4.69, 9.17) is 4.74 Å². The molecule has 0 spiro atoms. The van der Waals surface area contributed by atoms with Gasteiger partial charge in [-0.3, -0.25) is 9.48 Å². The fourth-order valence-electron chi connectivity index (χ4n) is 2.40. The van der Waals surface area contributed by atoms with Crippen molar-refractivity contribution in [1.29, 1.82) is 0 Å². The molecule has 116 valence electrons. The Hall–Kier alpha value is -2.51. The summed E-state index contributed by atoms with van der Waals surface area (Å²) in [6, 6.07) is 3.69. The third kappa shape index (κ3) is 3.21. The number of aromatic nitrogens is 5. The van der Waals surface area contributed by atoms with E-state index in [1.165, 1.54) is 4.68 Å². The molecule has 0 radical (unpaired) electrons. The number of ether oxygens (including phenoxy) is 1. The Morgan fingerprint density at radius 3 is 2.59 bits per heavy atom. The van der Waals surface area contributed by atoms with Gasteiger partial charge in [-0.2, -0.15) is 5.10 Å². The third-order valence-corrected chi connectivity index (χ3v) is 3.61. The molecule has 2 aromatic rings. The molecule has 1 fully saturated rings. The van der Waals surface area contributed by atoms with Crippen LogP contribution in [0.4, 0.5) is 0 Å². The van der Waals surface area contributed by atoms with Gasteiger partial charge in [0.15, 0.2) is 5.69 Å². The highest BCUT2D eigenvalue weighted by Crippen LogP contribution is 2.18. The summed E-state index contributed by atoms with van der Waals surface area (Å²) in [5, 5.41) is 15.6. The number of amides is 1. The molecule has 8 heteroatoms. The molecule has 0 aliphatic carbocycles. The van der Waals surface area contributed by atoms with Crippen LogP contribution in [0.15, 0.2) is 18.3 Å². The minimum absolute atomic E-state index is 0.0583. The Morgan fingerprint density at radius 2 is 2.00 bits per heavy atom. The Labute approximate surface area is 128 Å². The number of piperidine rings is 1. The first-order chi connectivity index (χ1) is 10.6. The van der Waals surface area contributed by atoms with Crippen LogP contribution >= 0.6 is 0 Å². The van der Waals surface area contributed by atoms with E-state index in [0.29, 0.717) is 24.7 Å². The van der Waals surface area contributed by atoms with E-state index in [-0.39, 0.29) is 12.0 Å². The van der Waals surface area contributed by atoms with Gasteiger partial charge in [-0.25, -0.2) is 0 Å². The number of rotatable bonds is 3. The average Bonchev–Trinajstić information content (AvgIpc) is 2.96. The summed E-state index contributed by atoms with van der Waals surface area (Å²) >= 11 is 0. The van der Waals surface area contributed by atoms with Gasteiger partial charge in [-0.1, -0.05) is 5.21 Å². The number of carbonyl (C=O) groups is 1. The van der Waals surface area contributed by atoms with Crippen molar-refractivity contribution >= 4 is 5.91 Å². The van der Waals surface area contributed by atoms with Crippen molar-refractivity contribution in [2.75, 3.05) is 13.1 Å². The topological polar surface area (TPSA) is 86.0 Å². The van der Waals surface area contributed by atoms with E-state index in [0.717, 1.165) is 18.5 Å². The number of aryl methyl sites for hydroxylation is 2. The Balaban J connectivity index is 1.54. The number of carbonyl (C=O) groups excluding carboxylic acids is 1. The van der Waals surface area contributed by atoms with E-state index in [1.807, 2.05) is 19.1 Å². The Bertz CT molecular complexity index is 646. The SMILES string of the molecule is Cc1ccc(OC2CCN(C(=O)c3cn(C)nn3)CC2)nn1. The molecule has 0 atom stereocenters. The number of hydrogen-bond acceptors (Lipinski definition) is 6. The van der Waals surface area contributed by atoms with Crippen molar-refractivity contribution in [2.45, 2.75) is 25.9 Å². The average molecular weight is 302 g/mol. The molecule has 0 aromatic carbocycles. The van der Waals surface area contributed by atoms with Crippen LogP contribution in [-0.2, 0) is 7.05 Å². The van der Waals surface area contributed by atoms with Crippen LogP contribution in [0.1, 0.15) is 29.0 Å². The molecular weight excluding hydrogens is 284 g/mol. The molecule has 1 aliphatic rings. The highest BCUT2D eigenvalue weighted by molar-refractivity contribution is 5.91. The zero-order valence-electron chi connectivity index (χ0n) is 12.6. The fourth-order valence-corrected chi connectivity index (χ4v) is 2.40. The third-order valence-electron chi connectivity index (χ3n) is 3.61. The monoisotopic (exact) mass is 302 g/mol. The molecular formula is C14H18N6O2. The lowest BCUT2D eigenvalue weighted by Gasteiger charge is -2.31. The van der Waals surface area contributed by atoms with E-state index in [1.54, 1.807) is 18.1 Å². The Kier molecular flexibility index (Phi) is 3.99. The second kappa shape index (κ2) is 6.08. The van der Waals surface area contributed by atoms with Gasteiger partial charge in [0.1, 0.15) is 6.10 Å². The molecule has 1 aliphatic heterocycles. The van der Waals surface area contributed by atoms with E-state index in [9.17, 15) is 4.79 Å². The predicted octanol–water partition coefficient (Wildman–Crippen LogP) is 0.597. The summed E-state index contributed by atoms with van der Waals surface area (Å²) in [5.74, 6) is 0.450. The van der Waals surface area contributed by atoms with Gasteiger partial charge < -0.3 is 9.64 Å². The van der Waals surface area contributed by atoms with Gasteiger partial charge in [0.25, 0.3) is 5.91 Å². The maximum absolute atomic E-state index is 12.3. The first-order valence-corrected chi connectivity index (χ1v) is 7.24. The van der Waals surface area contributed by atoms with Crippen LogP contribution in [0.25, 0.3) is 0 Å². The van der Waals surface area contributed by atoms with Crippen LogP contribution in [0.3, 0.4) is 0 Å². The summed E-state index contributed by atoms with van der Waals surface area (Å²) in [6.07, 6.45) is 3.22. The van der Waals surface area contributed by atoms with Crippen LogP contribution in [0.5, 0.6) is 5.88 Å². The van der Waals surface area contributed by atoms with Crippen LogP contribution in [0.2, 0.25) is 0 Å². The first-order valence-electron chi connectivity index (χ1n) is 7.24. The maximum atomic E-state index is 12.3. The van der Waals surface area contributed by atoms with Gasteiger partial charge in [0, 0.05) is 39.0 Å². The van der Waals surface area contributed by atoms with Crippen molar-refractivity contribution in [3.05, 3.63) is 29.7 Å². The first kappa shape index (κ1) is 14.4. The lowest BCUT2D eigenvalue weighted by atomic mass is 10.1. The lowest BCUT2D eigenvalue weighted by molar-refractivity contribution is 0.0580. The molecule has 22 heavy (non-hydrogen) atoms. The molecule has 0 unspecified atom stereocenters. The zero-order chi connectivity index (χ0) is 15.5. The smallest absolute Gasteiger partial charge is 0.276 e. The standard InChI is InChI=1S/C14H18N6O2/c1-10-3-4-13(17-15-10)22-11-5-7-20(8-6-11)14(21)12-9-19(2)18-16-12/h3-4,9,11H,5-8H2,1-2H3. The summed E-state index contributed by atoms with van der Waals surface area (Å²) in [4.78, 5) is 14.0. The van der Waals surface area contributed by atoms with Crippen LogP contribution < -0.4 is 4.74 Å². The van der Waals surface area contributed by atoms with Crippen molar-refractivity contribution in [2.24, 2.45) is 7.05 Å². The molecule has 8 nitrogen and oxygen atoms in total.